The van der Waals surface area contributed by atoms with Crippen molar-refractivity contribution in [3.05, 3.63) is 29.9 Å². The third-order valence-electron chi connectivity index (χ3n) is 2.59. The summed E-state index contributed by atoms with van der Waals surface area (Å²) in [4.78, 5) is 8.46. The molecule has 2 aromatic heterocycles. The molecule has 0 aromatic carbocycles. The van der Waals surface area contributed by atoms with Crippen molar-refractivity contribution in [3.63, 3.8) is 0 Å². The van der Waals surface area contributed by atoms with Crippen LogP contribution in [0.1, 0.15) is 24.8 Å². The summed E-state index contributed by atoms with van der Waals surface area (Å²) in [6.07, 6.45) is 6.07. The number of aryl methyl sites for hydroxylation is 2. The predicted octanol–water partition coefficient (Wildman–Crippen LogP) is 1.59. The SMILES string of the molecule is CCc1cnccc1-c1noc(CCCN)n1. The molecule has 2 rings (SSSR count). The number of hydrogen-bond donors (Lipinski definition) is 1. The first-order valence-electron chi connectivity index (χ1n) is 5.81. The Balaban J connectivity index is 2.24. The van der Waals surface area contributed by atoms with Crippen molar-refractivity contribution in [3.8, 4) is 11.4 Å². The van der Waals surface area contributed by atoms with Crippen molar-refractivity contribution in [1.29, 1.82) is 0 Å². The first-order chi connectivity index (χ1) is 8.35. The quantitative estimate of drug-likeness (QED) is 0.846. The van der Waals surface area contributed by atoms with Gasteiger partial charge in [0.2, 0.25) is 11.7 Å². The van der Waals surface area contributed by atoms with Crippen LogP contribution < -0.4 is 5.73 Å². The van der Waals surface area contributed by atoms with E-state index < -0.39 is 0 Å². The van der Waals surface area contributed by atoms with Crippen LogP contribution in [0.5, 0.6) is 0 Å². The van der Waals surface area contributed by atoms with Crippen molar-refractivity contribution in [1.82, 2.24) is 15.1 Å². The molecule has 0 aliphatic rings. The smallest absolute Gasteiger partial charge is 0.227 e. The van der Waals surface area contributed by atoms with E-state index in [-0.39, 0.29) is 0 Å². The van der Waals surface area contributed by atoms with Crippen LogP contribution in [0.4, 0.5) is 0 Å². The standard InChI is InChI=1S/C12H16N4O/c1-2-9-8-14-7-5-10(9)12-15-11(17-16-12)4-3-6-13/h5,7-8H,2-4,6,13H2,1H3. The summed E-state index contributed by atoms with van der Waals surface area (Å²) >= 11 is 0. The zero-order valence-electron chi connectivity index (χ0n) is 9.89. The van der Waals surface area contributed by atoms with Gasteiger partial charge in [0.25, 0.3) is 0 Å². The average molecular weight is 232 g/mol. The van der Waals surface area contributed by atoms with E-state index in [2.05, 4.69) is 22.0 Å². The van der Waals surface area contributed by atoms with Crippen LogP contribution in [-0.4, -0.2) is 21.7 Å². The molecule has 17 heavy (non-hydrogen) atoms. The third kappa shape index (κ3) is 2.68. The van der Waals surface area contributed by atoms with Crippen LogP contribution in [-0.2, 0) is 12.8 Å². The molecule has 0 aliphatic carbocycles. The van der Waals surface area contributed by atoms with Gasteiger partial charge in [0.15, 0.2) is 0 Å². The monoisotopic (exact) mass is 232 g/mol. The average Bonchev–Trinajstić information content (AvgIpc) is 2.85. The molecule has 0 saturated carbocycles. The highest BCUT2D eigenvalue weighted by Crippen LogP contribution is 2.20. The maximum Gasteiger partial charge on any atom is 0.227 e. The van der Waals surface area contributed by atoms with Crippen molar-refractivity contribution in [2.24, 2.45) is 5.73 Å². The van der Waals surface area contributed by atoms with Gasteiger partial charge < -0.3 is 10.3 Å². The summed E-state index contributed by atoms with van der Waals surface area (Å²) in [6, 6.07) is 1.91. The Morgan fingerprint density at radius 2 is 2.29 bits per heavy atom. The number of nitrogens with zero attached hydrogens (tertiary/aromatic N) is 3. The van der Waals surface area contributed by atoms with E-state index in [1.807, 2.05) is 12.3 Å². The fourth-order valence-corrected chi connectivity index (χ4v) is 1.65. The van der Waals surface area contributed by atoms with Crippen molar-refractivity contribution in [2.75, 3.05) is 6.54 Å². The molecular weight excluding hydrogens is 216 g/mol. The number of aromatic nitrogens is 3. The van der Waals surface area contributed by atoms with Crippen LogP contribution in [0.25, 0.3) is 11.4 Å². The van der Waals surface area contributed by atoms with Gasteiger partial charge in [0.1, 0.15) is 0 Å². The number of nitrogens with two attached hydrogens (primary N) is 1. The lowest BCUT2D eigenvalue weighted by Crippen LogP contribution is -2.00. The van der Waals surface area contributed by atoms with Gasteiger partial charge in [-0.05, 0) is 31.0 Å². The molecule has 5 nitrogen and oxygen atoms in total. The Morgan fingerprint density at radius 3 is 3.06 bits per heavy atom. The number of pyridine rings is 1. The topological polar surface area (TPSA) is 77.8 Å². The molecule has 0 fully saturated rings. The molecule has 0 amide bonds. The summed E-state index contributed by atoms with van der Waals surface area (Å²) in [5, 5.41) is 3.99. The second-order valence-corrected chi connectivity index (χ2v) is 3.79. The highest BCUT2D eigenvalue weighted by Gasteiger charge is 2.11. The summed E-state index contributed by atoms with van der Waals surface area (Å²) in [5.74, 6) is 1.28. The van der Waals surface area contributed by atoms with Crippen LogP contribution in [0.2, 0.25) is 0 Å². The molecule has 0 spiro atoms. The Morgan fingerprint density at radius 1 is 1.41 bits per heavy atom. The maximum absolute atomic E-state index is 5.44. The van der Waals surface area contributed by atoms with Gasteiger partial charge in [-0.2, -0.15) is 4.98 Å². The van der Waals surface area contributed by atoms with E-state index in [0.717, 1.165) is 30.4 Å². The highest BCUT2D eigenvalue weighted by molar-refractivity contribution is 5.58. The summed E-state index contributed by atoms with van der Waals surface area (Å²) in [5.41, 5.74) is 7.56. The largest absolute Gasteiger partial charge is 0.339 e. The minimum atomic E-state index is 0.632. The van der Waals surface area contributed by atoms with E-state index in [1.165, 1.54) is 0 Å². The van der Waals surface area contributed by atoms with Gasteiger partial charge in [-0.1, -0.05) is 12.1 Å². The van der Waals surface area contributed by atoms with E-state index >= 15 is 0 Å². The zero-order valence-corrected chi connectivity index (χ0v) is 9.89. The van der Waals surface area contributed by atoms with E-state index in [9.17, 15) is 0 Å². The highest BCUT2D eigenvalue weighted by atomic mass is 16.5. The lowest BCUT2D eigenvalue weighted by molar-refractivity contribution is 0.376. The normalized spacial score (nSPS) is 10.7. The van der Waals surface area contributed by atoms with E-state index in [4.69, 9.17) is 10.3 Å². The lowest BCUT2D eigenvalue weighted by Gasteiger charge is -2.00. The minimum absolute atomic E-state index is 0.632. The summed E-state index contributed by atoms with van der Waals surface area (Å²) < 4.78 is 5.18. The first-order valence-corrected chi connectivity index (χ1v) is 5.81. The molecule has 2 N–H and O–H groups in total. The molecular formula is C12H16N4O. The summed E-state index contributed by atoms with van der Waals surface area (Å²) in [7, 11) is 0. The fraction of sp³-hybridized carbons (Fsp3) is 0.417. The van der Waals surface area contributed by atoms with Gasteiger partial charge >= 0.3 is 0 Å². The van der Waals surface area contributed by atoms with Gasteiger partial charge in [0.05, 0.1) is 0 Å². The Hall–Kier alpha value is -1.75. The molecule has 5 heteroatoms. The van der Waals surface area contributed by atoms with Crippen LogP contribution in [0, 0.1) is 0 Å². The Bertz CT molecular complexity index is 481. The van der Waals surface area contributed by atoms with E-state index in [0.29, 0.717) is 18.3 Å². The van der Waals surface area contributed by atoms with Crippen molar-refractivity contribution in [2.45, 2.75) is 26.2 Å². The van der Waals surface area contributed by atoms with E-state index in [1.54, 1.807) is 6.20 Å². The number of hydrogen-bond acceptors (Lipinski definition) is 5. The predicted molar refractivity (Wildman–Crippen MR) is 64.3 cm³/mol. The first kappa shape index (κ1) is 11.7. The van der Waals surface area contributed by atoms with Gasteiger partial charge in [-0.15, -0.1) is 0 Å². The van der Waals surface area contributed by atoms with Crippen LogP contribution in [0.15, 0.2) is 23.0 Å². The van der Waals surface area contributed by atoms with Crippen LogP contribution >= 0.6 is 0 Å². The molecule has 2 heterocycles. The Labute approximate surface area is 100 Å². The molecule has 0 bridgehead atoms. The molecule has 2 aromatic rings. The second-order valence-electron chi connectivity index (χ2n) is 3.79. The molecule has 0 radical (unpaired) electrons. The van der Waals surface area contributed by atoms with Gasteiger partial charge in [-0.25, -0.2) is 0 Å². The molecule has 0 aliphatic heterocycles. The minimum Gasteiger partial charge on any atom is -0.339 e. The van der Waals surface area contributed by atoms with Gasteiger partial charge in [0, 0.05) is 24.4 Å². The van der Waals surface area contributed by atoms with Gasteiger partial charge in [-0.3, -0.25) is 4.98 Å². The second kappa shape index (κ2) is 5.54. The molecule has 0 saturated heterocycles. The third-order valence-corrected chi connectivity index (χ3v) is 2.59. The van der Waals surface area contributed by atoms with Crippen molar-refractivity contribution < 1.29 is 4.52 Å². The Kier molecular flexibility index (Phi) is 3.82. The molecule has 0 unspecified atom stereocenters. The zero-order chi connectivity index (χ0) is 12.1. The summed E-state index contributed by atoms with van der Waals surface area (Å²) in [6.45, 7) is 2.71. The maximum atomic E-state index is 5.44. The van der Waals surface area contributed by atoms with Crippen LogP contribution in [0.3, 0.4) is 0 Å². The number of rotatable bonds is 5. The van der Waals surface area contributed by atoms with Crippen molar-refractivity contribution >= 4 is 0 Å². The fourth-order valence-electron chi connectivity index (χ4n) is 1.65. The lowest BCUT2D eigenvalue weighted by atomic mass is 10.1. The molecule has 90 valence electrons. The molecule has 0 atom stereocenters.